The van der Waals surface area contributed by atoms with Gasteiger partial charge in [0.25, 0.3) is 0 Å². The van der Waals surface area contributed by atoms with Crippen LogP contribution in [0.5, 0.6) is 5.75 Å². The summed E-state index contributed by atoms with van der Waals surface area (Å²) < 4.78 is 0. The predicted octanol–water partition coefficient (Wildman–Crippen LogP) is 2.60. The molecule has 1 aromatic carbocycles. The van der Waals surface area contributed by atoms with Gasteiger partial charge in [-0.2, -0.15) is 0 Å². The van der Waals surface area contributed by atoms with Crippen molar-refractivity contribution in [2.75, 3.05) is 37.8 Å². The maximum absolute atomic E-state index is 10.1. The van der Waals surface area contributed by atoms with E-state index in [-0.39, 0.29) is 5.75 Å². The van der Waals surface area contributed by atoms with E-state index in [9.17, 15) is 5.11 Å². The third kappa shape index (κ3) is 3.69. The Morgan fingerprint density at radius 2 is 1.88 bits per heavy atom. The summed E-state index contributed by atoms with van der Waals surface area (Å²) in [5.74, 6) is 1.34. The average Bonchev–Trinajstić information content (AvgIpc) is 2.62. The number of phenolic OH excluding ortho intramolecular Hbond substituents is 1. The van der Waals surface area contributed by atoms with Gasteiger partial charge in [-0.25, -0.2) is 0 Å². The van der Waals surface area contributed by atoms with Gasteiger partial charge >= 0.3 is 0 Å². The number of hydrogen-bond acceptors (Lipinski definition) is 6. The molecule has 3 N–H and O–H groups in total. The molecule has 1 fully saturated rings. The van der Waals surface area contributed by atoms with Gasteiger partial charge in [0.15, 0.2) is 5.82 Å². The number of rotatable bonds is 4. The molecular formula is C19H27N5O. The maximum atomic E-state index is 10.1. The van der Waals surface area contributed by atoms with E-state index in [2.05, 4.69) is 41.0 Å². The van der Waals surface area contributed by atoms with Crippen LogP contribution in [0.3, 0.4) is 0 Å². The highest BCUT2D eigenvalue weighted by atomic mass is 16.3. The minimum Gasteiger partial charge on any atom is -0.507 e. The Kier molecular flexibility index (Phi) is 5.08. The molecular weight excluding hydrogens is 314 g/mol. The third-order valence-corrected chi connectivity index (χ3v) is 5.36. The molecule has 1 saturated heterocycles. The van der Waals surface area contributed by atoms with Crippen LogP contribution in [-0.4, -0.2) is 53.4 Å². The molecule has 0 saturated carbocycles. The van der Waals surface area contributed by atoms with Crippen LogP contribution in [0.1, 0.15) is 19.8 Å². The second-order valence-corrected chi connectivity index (χ2v) is 7.05. The standard InChI is InChI=1S/C19H27N5O/c1-13(23(2)3)14-8-10-24(11-9-14)17-12-16(21-22-19(17)20)15-6-4-5-7-18(15)25/h4-7,12-14,25H,8-11H2,1-3H3,(H2,20,22). The summed E-state index contributed by atoms with van der Waals surface area (Å²) in [6.07, 6.45) is 2.26. The van der Waals surface area contributed by atoms with Gasteiger partial charge in [-0.3, -0.25) is 0 Å². The van der Waals surface area contributed by atoms with Crippen LogP contribution in [0.2, 0.25) is 0 Å². The molecule has 1 aliphatic heterocycles. The smallest absolute Gasteiger partial charge is 0.169 e. The molecule has 6 heteroatoms. The fraction of sp³-hybridized carbons (Fsp3) is 0.474. The van der Waals surface area contributed by atoms with Gasteiger partial charge < -0.3 is 20.6 Å². The molecule has 0 spiro atoms. The lowest BCUT2D eigenvalue weighted by atomic mass is 9.89. The maximum Gasteiger partial charge on any atom is 0.169 e. The van der Waals surface area contributed by atoms with Gasteiger partial charge in [0.1, 0.15) is 5.75 Å². The van der Waals surface area contributed by atoms with Crippen molar-refractivity contribution in [1.29, 1.82) is 0 Å². The van der Waals surface area contributed by atoms with E-state index in [1.807, 2.05) is 18.2 Å². The molecule has 2 aromatic rings. The first-order valence-electron chi connectivity index (χ1n) is 8.80. The highest BCUT2D eigenvalue weighted by Gasteiger charge is 2.26. The summed E-state index contributed by atoms with van der Waals surface area (Å²) in [6.45, 7) is 4.21. The topological polar surface area (TPSA) is 78.5 Å². The van der Waals surface area contributed by atoms with Crippen molar-refractivity contribution in [2.24, 2.45) is 5.92 Å². The summed E-state index contributed by atoms with van der Waals surface area (Å²) in [5.41, 5.74) is 8.32. The number of para-hydroxylation sites is 1. The Morgan fingerprint density at radius 1 is 1.20 bits per heavy atom. The molecule has 0 radical (unpaired) electrons. The van der Waals surface area contributed by atoms with Crippen LogP contribution in [0, 0.1) is 5.92 Å². The van der Waals surface area contributed by atoms with Crippen molar-refractivity contribution in [1.82, 2.24) is 15.1 Å². The average molecular weight is 341 g/mol. The van der Waals surface area contributed by atoms with Crippen molar-refractivity contribution in [3.63, 3.8) is 0 Å². The molecule has 3 rings (SSSR count). The van der Waals surface area contributed by atoms with Gasteiger partial charge in [0.2, 0.25) is 0 Å². The summed E-state index contributed by atoms with van der Waals surface area (Å²) in [5, 5.41) is 18.3. The van der Waals surface area contributed by atoms with Crippen LogP contribution in [0.4, 0.5) is 11.5 Å². The number of benzene rings is 1. The Morgan fingerprint density at radius 3 is 2.52 bits per heavy atom. The van der Waals surface area contributed by atoms with Gasteiger partial charge in [0.05, 0.1) is 11.4 Å². The van der Waals surface area contributed by atoms with E-state index in [1.54, 1.807) is 12.1 Å². The first-order valence-corrected chi connectivity index (χ1v) is 8.80. The molecule has 0 amide bonds. The highest BCUT2D eigenvalue weighted by molar-refractivity contribution is 5.74. The van der Waals surface area contributed by atoms with Crippen LogP contribution < -0.4 is 10.6 Å². The Balaban J connectivity index is 1.80. The Hall–Kier alpha value is -2.34. The Bertz CT molecular complexity index is 726. The first-order chi connectivity index (χ1) is 12.0. The monoisotopic (exact) mass is 341 g/mol. The minimum atomic E-state index is 0.200. The van der Waals surface area contributed by atoms with E-state index < -0.39 is 0 Å². The van der Waals surface area contributed by atoms with E-state index in [4.69, 9.17) is 5.73 Å². The van der Waals surface area contributed by atoms with E-state index in [1.165, 1.54) is 0 Å². The van der Waals surface area contributed by atoms with Crippen LogP contribution in [-0.2, 0) is 0 Å². The summed E-state index contributed by atoms with van der Waals surface area (Å²) in [6, 6.07) is 9.67. The molecule has 25 heavy (non-hydrogen) atoms. The number of nitrogens with zero attached hydrogens (tertiary/aromatic N) is 4. The zero-order chi connectivity index (χ0) is 18.0. The number of aromatic nitrogens is 2. The number of hydrogen-bond donors (Lipinski definition) is 2. The second kappa shape index (κ2) is 7.27. The Labute approximate surface area is 149 Å². The molecule has 1 aromatic heterocycles. The summed E-state index contributed by atoms with van der Waals surface area (Å²) in [4.78, 5) is 4.57. The SMILES string of the molecule is CC(C1CCN(c2cc(-c3ccccc3O)nnc2N)CC1)N(C)C. The number of aromatic hydroxyl groups is 1. The number of nitrogens with two attached hydrogens (primary N) is 1. The molecule has 2 heterocycles. The zero-order valence-electron chi connectivity index (χ0n) is 15.2. The lowest BCUT2D eigenvalue weighted by molar-refractivity contribution is 0.199. The van der Waals surface area contributed by atoms with Gasteiger partial charge in [0, 0.05) is 24.7 Å². The quantitative estimate of drug-likeness (QED) is 0.890. The molecule has 0 aliphatic carbocycles. The second-order valence-electron chi connectivity index (χ2n) is 7.05. The van der Waals surface area contributed by atoms with E-state index >= 15 is 0 Å². The molecule has 1 aliphatic rings. The normalized spacial score (nSPS) is 17.0. The fourth-order valence-corrected chi connectivity index (χ4v) is 3.51. The van der Waals surface area contributed by atoms with Crippen molar-refractivity contribution in [2.45, 2.75) is 25.8 Å². The van der Waals surface area contributed by atoms with Crippen molar-refractivity contribution >= 4 is 11.5 Å². The van der Waals surface area contributed by atoms with Crippen molar-refractivity contribution in [3.8, 4) is 17.0 Å². The summed E-state index contributed by atoms with van der Waals surface area (Å²) >= 11 is 0. The number of piperidine rings is 1. The molecule has 6 nitrogen and oxygen atoms in total. The third-order valence-electron chi connectivity index (χ3n) is 5.36. The van der Waals surface area contributed by atoms with Crippen molar-refractivity contribution in [3.05, 3.63) is 30.3 Å². The number of anilines is 2. The van der Waals surface area contributed by atoms with Gasteiger partial charge in [-0.1, -0.05) is 12.1 Å². The van der Waals surface area contributed by atoms with Crippen LogP contribution in [0.25, 0.3) is 11.3 Å². The lowest BCUT2D eigenvalue weighted by Crippen LogP contribution is -2.41. The van der Waals surface area contributed by atoms with Gasteiger partial charge in [-0.15, -0.1) is 10.2 Å². The minimum absolute atomic E-state index is 0.200. The molecule has 0 bridgehead atoms. The number of nitrogen functional groups attached to an aromatic ring is 1. The van der Waals surface area contributed by atoms with Crippen molar-refractivity contribution < 1.29 is 5.11 Å². The largest absolute Gasteiger partial charge is 0.507 e. The lowest BCUT2D eigenvalue weighted by Gasteiger charge is -2.38. The van der Waals surface area contributed by atoms with E-state index in [0.29, 0.717) is 29.0 Å². The molecule has 1 atom stereocenters. The van der Waals surface area contributed by atoms with E-state index in [0.717, 1.165) is 31.6 Å². The van der Waals surface area contributed by atoms with Crippen LogP contribution >= 0.6 is 0 Å². The first kappa shape index (κ1) is 17.5. The molecule has 134 valence electrons. The predicted molar refractivity (Wildman–Crippen MR) is 102 cm³/mol. The summed E-state index contributed by atoms with van der Waals surface area (Å²) in [7, 11) is 4.28. The molecule has 1 unspecified atom stereocenters. The highest BCUT2D eigenvalue weighted by Crippen LogP contribution is 2.33. The van der Waals surface area contributed by atoms with Crippen LogP contribution in [0.15, 0.2) is 30.3 Å². The zero-order valence-corrected chi connectivity index (χ0v) is 15.2. The fourth-order valence-electron chi connectivity index (χ4n) is 3.51. The number of phenols is 1. The van der Waals surface area contributed by atoms with Gasteiger partial charge in [-0.05, 0) is 58.0 Å².